The van der Waals surface area contributed by atoms with Gasteiger partial charge in [-0.3, -0.25) is 10.3 Å². The second kappa shape index (κ2) is 4.87. The fraction of sp³-hybridized carbons (Fsp3) is 0.400. The van der Waals surface area contributed by atoms with E-state index in [1.165, 1.54) is 0 Å². The number of anilines is 1. The van der Waals surface area contributed by atoms with Gasteiger partial charge >= 0.3 is 13.1 Å². The maximum atomic E-state index is 12.7. The van der Waals surface area contributed by atoms with Crippen LogP contribution in [0.2, 0.25) is 0 Å². The third kappa shape index (κ3) is 4.27. The summed E-state index contributed by atoms with van der Waals surface area (Å²) in [5.41, 5.74) is -2.09. The van der Waals surface area contributed by atoms with Crippen LogP contribution >= 0.6 is 0 Å². The van der Waals surface area contributed by atoms with E-state index < -0.39 is 24.1 Å². The van der Waals surface area contributed by atoms with E-state index in [0.717, 1.165) is 12.3 Å². The third-order valence-corrected chi connectivity index (χ3v) is 1.84. The minimum absolute atomic E-state index is 0.355. The summed E-state index contributed by atoms with van der Waals surface area (Å²) >= 11 is 0. The largest absolute Gasteiger partial charge is 0.513 e. The van der Waals surface area contributed by atoms with Gasteiger partial charge in [0.15, 0.2) is 0 Å². The zero-order chi connectivity index (χ0) is 14.0. The number of amides is 1. The van der Waals surface area contributed by atoms with Crippen molar-refractivity contribution in [3.8, 4) is 0 Å². The lowest BCUT2D eigenvalue weighted by Gasteiger charge is -2.22. The first-order valence-corrected chi connectivity index (χ1v) is 5.23. The van der Waals surface area contributed by atoms with Gasteiger partial charge in [0.1, 0.15) is 5.60 Å². The Balaban J connectivity index is 2.89. The van der Waals surface area contributed by atoms with Crippen LogP contribution in [-0.2, 0) is 4.74 Å². The zero-order valence-corrected chi connectivity index (χ0v) is 10.2. The van der Waals surface area contributed by atoms with Crippen molar-refractivity contribution < 1.29 is 22.5 Å². The Hall–Kier alpha value is -1.73. The second-order valence-corrected chi connectivity index (χ2v) is 4.66. The minimum atomic E-state index is -5.24. The van der Waals surface area contributed by atoms with Crippen molar-refractivity contribution in [2.75, 3.05) is 5.32 Å². The normalized spacial score (nSPS) is 12.1. The van der Waals surface area contributed by atoms with Crippen LogP contribution in [0, 0.1) is 0 Å². The van der Waals surface area contributed by atoms with Crippen LogP contribution in [0.3, 0.4) is 0 Å². The van der Waals surface area contributed by atoms with Gasteiger partial charge in [-0.05, 0) is 26.8 Å². The van der Waals surface area contributed by atoms with Crippen molar-refractivity contribution in [2.45, 2.75) is 26.4 Å². The maximum Gasteiger partial charge on any atom is 0.513 e. The van der Waals surface area contributed by atoms with Gasteiger partial charge in [0.05, 0.1) is 0 Å². The molecule has 0 aromatic carbocycles. The molecule has 0 spiro atoms. The number of hydrogen-bond donors (Lipinski definition) is 1. The van der Waals surface area contributed by atoms with Gasteiger partial charge in [0.25, 0.3) is 0 Å². The number of hydrogen-bond acceptors (Lipinski definition) is 3. The van der Waals surface area contributed by atoms with E-state index in [1.54, 1.807) is 20.8 Å². The molecule has 0 aliphatic carbocycles. The van der Waals surface area contributed by atoms with Crippen molar-refractivity contribution in [1.29, 1.82) is 0 Å². The molecular weight excluding hydrogens is 248 g/mol. The molecule has 1 N–H and O–H groups in total. The van der Waals surface area contributed by atoms with E-state index in [1.807, 2.05) is 0 Å². The molecule has 0 aliphatic heterocycles. The molecule has 0 radical (unpaired) electrons. The monoisotopic (exact) mass is 261 g/mol. The molecule has 100 valence electrons. The first-order valence-electron chi connectivity index (χ1n) is 5.23. The molecule has 1 rings (SSSR count). The number of aromatic nitrogens is 1. The number of carbonyl (C=O) groups is 1. The summed E-state index contributed by atoms with van der Waals surface area (Å²) in [5, 5.41) is 2.07. The van der Waals surface area contributed by atoms with Gasteiger partial charge in [-0.1, -0.05) is 5.46 Å². The molecule has 0 unspecified atom stereocenters. The van der Waals surface area contributed by atoms with Crippen molar-refractivity contribution in [2.24, 2.45) is 0 Å². The average Bonchev–Trinajstić information content (AvgIpc) is 2.13. The van der Waals surface area contributed by atoms with E-state index in [2.05, 4.69) is 10.3 Å². The van der Waals surface area contributed by atoms with Gasteiger partial charge in [-0.15, -0.1) is 0 Å². The van der Waals surface area contributed by atoms with Gasteiger partial charge in [0.2, 0.25) is 0 Å². The van der Waals surface area contributed by atoms with Crippen LogP contribution in [0.1, 0.15) is 20.8 Å². The summed E-state index contributed by atoms with van der Waals surface area (Å²) in [5.74, 6) is 0. The van der Waals surface area contributed by atoms with E-state index in [-0.39, 0.29) is 5.69 Å². The Morgan fingerprint density at radius 2 is 2.00 bits per heavy atom. The van der Waals surface area contributed by atoms with E-state index in [9.17, 15) is 17.7 Å². The molecule has 0 bridgehead atoms. The van der Waals surface area contributed by atoms with Crippen LogP contribution < -0.4 is 10.8 Å². The van der Waals surface area contributed by atoms with Crippen LogP contribution in [-0.4, -0.2) is 23.7 Å². The molecular formula is C10H13BF3N2O2-. The van der Waals surface area contributed by atoms with Crippen LogP contribution in [0.25, 0.3) is 0 Å². The predicted octanol–water partition coefficient (Wildman–Crippen LogP) is 2.48. The first-order chi connectivity index (χ1) is 8.09. The summed E-state index contributed by atoms with van der Waals surface area (Å²) in [6.07, 6.45) is 0.903. The van der Waals surface area contributed by atoms with Gasteiger partial charge in [-0.2, -0.15) is 0 Å². The van der Waals surface area contributed by atoms with Crippen LogP contribution in [0.4, 0.5) is 23.4 Å². The molecule has 1 aromatic heterocycles. The van der Waals surface area contributed by atoms with Crippen molar-refractivity contribution in [3.63, 3.8) is 0 Å². The molecule has 0 atom stereocenters. The number of nitrogens with one attached hydrogen (secondary N) is 1. The van der Waals surface area contributed by atoms with Crippen molar-refractivity contribution >= 4 is 24.2 Å². The molecule has 1 amide bonds. The Labute approximate surface area is 103 Å². The van der Waals surface area contributed by atoms with E-state index in [4.69, 9.17) is 4.74 Å². The lowest BCUT2D eigenvalue weighted by molar-refractivity contribution is 0.0636. The summed E-state index contributed by atoms with van der Waals surface area (Å²) in [6.45, 7) is -0.381. The van der Waals surface area contributed by atoms with Crippen molar-refractivity contribution in [3.05, 3.63) is 18.5 Å². The lowest BCUT2D eigenvalue weighted by Crippen LogP contribution is -2.38. The Kier molecular flexibility index (Phi) is 3.88. The fourth-order valence-electron chi connectivity index (χ4n) is 1.19. The highest BCUT2D eigenvalue weighted by Gasteiger charge is 2.29. The standard InChI is InChI=1S/C10H13BF3N2O2/c1-10(2,3)18-9(17)16-8-4-5-15-6-7(8)11(12,13)14/h4-6H,1-3H3,(H,15,16,17)/q-1. The van der Waals surface area contributed by atoms with Gasteiger partial charge in [-0.25, -0.2) is 4.79 Å². The second-order valence-electron chi connectivity index (χ2n) is 4.66. The van der Waals surface area contributed by atoms with Gasteiger partial charge in [0, 0.05) is 18.1 Å². The summed E-state index contributed by atoms with van der Waals surface area (Å²) < 4.78 is 42.9. The van der Waals surface area contributed by atoms with Crippen LogP contribution in [0.15, 0.2) is 18.5 Å². The third-order valence-electron chi connectivity index (χ3n) is 1.84. The molecule has 0 saturated heterocycles. The van der Waals surface area contributed by atoms with Gasteiger partial charge < -0.3 is 17.7 Å². The SMILES string of the molecule is CC(C)(C)OC(=O)Nc1ccncc1[B-](F)(F)F. The highest BCUT2D eigenvalue weighted by atomic mass is 19.4. The Bertz CT molecular complexity index is 443. The molecule has 8 heteroatoms. The number of carbonyl (C=O) groups excluding carboxylic acids is 1. The number of ether oxygens (including phenoxy) is 1. The number of nitrogens with zero attached hydrogens (tertiary/aromatic N) is 1. The molecule has 0 saturated carbocycles. The summed E-state index contributed by atoms with van der Waals surface area (Å²) in [7, 11) is 0. The maximum absolute atomic E-state index is 12.7. The molecule has 1 heterocycles. The zero-order valence-electron chi connectivity index (χ0n) is 10.2. The number of halogens is 3. The quantitative estimate of drug-likeness (QED) is 0.832. The summed E-state index contributed by atoms with van der Waals surface area (Å²) in [6, 6.07) is 1.08. The number of pyridine rings is 1. The molecule has 0 fully saturated rings. The molecule has 4 nitrogen and oxygen atoms in total. The van der Waals surface area contributed by atoms with E-state index >= 15 is 0 Å². The smallest absolute Gasteiger partial charge is 0.445 e. The van der Waals surface area contributed by atoms with Crippen LogP contribution in [0.5, 0.6) is 0 Å². The van der Waals surface area contributed by atoms with Crippen molar-refractivity contribution in [1.82, 2.24) is 4.98 Å². The Morgan fingerprint density at radius 3 is 2.50 bits per heavy atom. The highest BCUT2D eigenvalue weighted by Crippen LogP contribution is 2.16. The fourth-order valence-corrected chi connectivity index (χ4v) is 1.19. The number of rotatable bonds is 2. The molecule has 0 aliphatic rings. The topological polar surface area (TPSA) is 51.2 Å². The predicted molar refractivity (Wildman–Crippen MR) is 62.8 cm³/mol. The minimum Gasteiger partial charge on any atom is -0.445 e. The van der Waals surface area contributed by atoms with E-state index in [0.29, 0.717) is 6.20 Å². The summed E-state index contributed by atoms with van der Waals surface area (Å²) in [4.78, 5) is 14.8. The highest BCUT2D eigenvalue weighted by molar-refractivity contribution is 6.75. The average molecular weight is 261 g/mol. The molecule has 18 heavy (non-hydrogen) atoms. The Morgan fingerprint density at radius 1 is 1.39 bits per heavy atom. The molecule has 1 aromatic rings. The first kappa shape index (κ1) is 14.3. The lowest BCUT2D eigenvalue weighted by atomic mass is 9.80.